The number of rotatable bonds is 7. The van der Waals surface area contributed by atoms with Gasteiger partial charge in [0.25, 0.3) is 0 Å². The van der Waals surface area contributed by atoms with Gasteiger partial charge in [0.15, 0.2) is 0 Å². The van der Waals surface area contributed by atoms with Gasteiger partial charge in [-0.25, -0.2) is 4.79 Å². The molecule has 1 aromatic carbocycles. The predicted molar refractivity (Wildman–Crippen MR) is 118 cm³/mol. The van der Waals surface area contributed by atoms with Crippen molar-refractivity contribution in [2.75, 3.05) is 7.11 Å². The molecule has 0 unspecified atom stereocenters. The van der Waals surface area contributed by atoms with Crippen molar-refractivity contribution in [1.29, 1.82) is 0 Å². The number of esters is 1. The first-order valence-corrected chi connectivity index (χ1v) is 11.1. The number of ether oxygens (including phenoxy) is 1. The van der Waals surface area contributed by atoms with Crippen LogP contribution in [0.4, 0.5) is 0 Å². The lowest BCUT2D eigenvalue weighted by molar-refractivity contribution is 0.0606. The van der Waals surface area contributed by atoms with E-state index in [1.807, 2.05) is 36.4 Å². The van der Waals surface area contributed by atoms with Gasteiger partial charge in [-0.1, -0.05) is 37.3 Å². The second-order valence-corrected chi connectivity index (χ2v) is 9.24. The van der Waals surface area contributed by atoms with Crippen LogP contribution in [0.3, 0.4) is 0 Å². The Morgan fingerprint density at radius 3 is 2.82 bits per heavy atom. The summed E-state index contributed by atoms with van der Waals surface area (Å²) >= 11 is 8.22. The van der Waals surface area contributed by atoms with Crippen molar-refractivity contribution in [2.24, 2.45) is 17.8 Å². The number of aryl methyl sites for hydroxylation is 1. The number of carbonyl (C=O) groups excluding carboxylic acids is 1. The first-order chi connectivity index (χ1) is 13.6. The summed E-state index contributed by atoms with van der Waals surface area (Å²) in [4.78, 5) is 13.5. The third-order valence-electron chi connectivity index (χ3n) is 5.56. The fourth-order valence-electron chi connectivity index (χ4n) is 4.05. The molecule has 1 fully saturated rings. The largest absolute Gasteiger partial charge is 0.465 e. The first-order valence-electron chi connectivity index (χ1n) is 9.87. The molecule has 3 rings (SSSR count). The van der Waals surface area contributed by atoms with Gasteiger partial charge in [-0.05, 0) is 73.3 Å². The molecule has 1 heterocycles. The highest BCUT2D eigenvalue weighted by molar-refractivity contribution is 7.13. The smallest absolute Gasteiger partial charge is 0.348 e. The van der Waals surface area contributed by atoms with Crippen molar-refractivity contribution >= 4 is 35.0 Å². The third-order valence-corrected chi connectivity index (χ3v) is 7.19. The van der Waals surface area contributed by atoms with E-state index in [9.17, 15) is 4.79 Å². The molecule has 1 saturated carbocycles. The lowest BCUT2D eigenvalue weighted by Crippen LogP contribution is -2.15. The maximum atomic E-state index is 11.6. The lowest BCUT2D eigenvalue weighted by Gasteiger charge is -2.20. The molecule has 1 aliphatic carbocycles. The van der Waals surface area contributed by atoms with Crippen molar-refractivity contribution in [1.82, 2.24) is 0 Å². The minimum absolute atomic E-state index is 0.226. The van der Waals surface area contributed by atoms with E-state index in [-0.39, 0.29) is 11.3 Å². The van der Waals surface area contributed by atoms with Crippen molar-refractivity contribution in [3.63, 3.8) is 0 Å². The van der Waals surface area contributed by atoms with Crippen molar-refractivity contribution in [2.45, 2.75) is 38.0 Å². The molecular weight excluding hydrogens is 388 g/mol. The maximum absolute atomic E-state index is 11.6. The summed E-state index contributed by atoms with van der Waals surface area (Å²) in [5.74, 6) is 1.28. The molecule has 28 heavy (non-hydrogen) atoms. The van der Waals surface area contributed by atoms with Crippen LogP contribution in [-0.4, -0.2) is 18.5 Å². The molecule has 0 radical (unpaired) electrons. The van der Waals surface area contributed by atoms with E-state index in [0.29, 0.717) is 22.6 Å². The van der Waals surface area contributed by atoms with E-state index in [4.69, 9.17) is 16.3 Å². The van der Waals surface area contributed by atoms with Gasteiger partial charge in [0.1, 0.15) is 4.88 Å². The van der Waals surface area contributed by atoms with E-state index in [2.05, 4.69) is 30.9 Å². The van der Waals surface area contributed by atoms with Crippen LogP contribution in [0.25, 0.3) is 6.08 Å². The number of alkyl halides is 1. The number of carbonyl (C=O) groups is 1. The van der Waals surface area contributed by atoms with Crippen LogP contribution in [0.15, 0.2) is 54.3 Å². The Morgan fingerprint density at radius 2 is 2.07 bits per heavy atom. The average molecular weight is 415 g/mol. The molecule has 0 saturated heterocycles. The minimum atomic E-state index is -0.253. The number of benzene rings is 1. The van der Waals surface area contributed by atoms with Crippen LogP contribution in [0, 0.1) is 17.8 Å². The highest BCUT2D eigenvalue weighted by Gasteiger charge is 2.38. The van der Waals surface area contributed by atoms with Crippen molar-refractivity contribution in [3.05, 3.63) is 69.6 Å². The number of thiophene rings is 1. The van der Waals surface area contributed by atoms with Gasteiger partial charge in [-0.3, -0.25) is 0 Å². The van der Waals surface area contributed by atoms with Crippen LogP contribution in [0.2, 0.25) is 0 Å². The molecule has 0 spiro atoms. The minimum Gasteiger partial charge on any atom is -0.465 e. The Morgan fingerprint density at radius 1 is 1.29 bits per heavy atom. The topological polar surface area (TPSA) is 26.3 Å². The molecule has 2 nitrogen and oxygen atoms in total. The van der Waals surface area contributed by atoms with E-state index < -0.39 is 0 Å². The number of methoxy groups -OCH3 is 1. The Kier molecular flexibility index (Phi) is 7.56. The number of allylic oxidation sites excluding steroid dienone is 1. The molecule has 0 N–H and O–H groups in total. The van der Waals surface area contributed by atoms with E-state index in [1.165, 1.54) is 28.9 Å². The molecule has 1 aromatic heterocycles. The van der Waals surface area contributed by atoms with Crippen LogP contribution in [-0.2, 0) is 11.2 Å². The molecule has 2 aromatic rings. The number of halogens is 1. The van der Waals surface area contributed by atoms with Crippen LogP contribution >= 0.6 is 22.9 Å². The molecule has 1 aliphatic rings. The summed E-state index contributed by atoms with van der Waals surface area (Å²) in [5, 5.41) is 0.226. The normalized spacial score (nSPS) is 23.8. The summed E-state index contributed by atoms with van der Waals surface area (Å²) < 4.78 is 4.78. The molecule has 0 bridgehead atoms. The molecular formula is C24H27ClO2S. The van der Waals surface area contributed by atoms with Crippen molar-refractivity contribution < 1.29 is 9.53 Å². The lowest BCUT2D eigenvalue weighted by atomic mass is 9.87. The summed E-state index contributed by atoms with van der Waals surface area (Å²) in [6.45, 7) is 2.29. The van der Waals surface area contributed by atoms with E-state index >= 15 is 0 Å². The van der Waals surface area contributed by atoms with E-state index in [1.54, 1.807) is 0 Å². The summed E-state index contributed by atoms with van der Waals surface area (Å²) in [5.41, 5.74) is 4.57. The van der Waals surface area contributed by atoms with Crippen LogP contribution in [0.5, 0.6) is 0 Å². The molecule has 0 aliphatic heterocycles. The van der Waals surface area contributed by atoms with Gasteiger partial charge in [0, 0.05) is 10.3 Å². The van der Waals surface area contributed by atoms with Gasteiger partial charge in [0.05, 0.1) is 7.11 Å². The fraction of sp³-hybridized carbons (Fsp3) is 0.417. The number of hydrogen-bond donors (Lipinski definition) is 0. The zero-order chi connectivity index (χ0) is 19.9. The standard InChI is InChI=1S/C24H27ClO2S/c1-17-16-22(25)21(20(17)12-6-10-18-8-4-3-5-9-18)13-7-11-19-14-15-23(28-19)24(26)27-2/h3-5,8-10,12,14-15,17,20-22H,7,11,13,16H2,1-2H3/t6?,17-,20+,21-,22-/m1/s1. The monoisotopic (exact) mass is 414 g/mol. The van der Waals surface area contributed by atoms with E-state index in [0.717, 1.165) is 25.7 Å². The zero-order valence-electron chi connectivity index (χ0n) is 16.4. The van der Waals surface area contributed by atoms with Gasteiger partial charge in [-0.2, -0.15) is 0 Å². The summed E-state index contributed by atoms with van der Waals surface area (Å²) in [6.07, 6.45) is 8.49. The molecule has 4 heteroatoms. The third kappa shape index (κ3) is 5.38. The first kappa shape index (κ1) is 20.9. The van der Waals surface area contributed by atoms with Gasteiger partial charge in [-0.15, -0.1) is 28.7 Å². The highest BCUT2D eigenvalue weighted by Crippen LogP contribution is 2.43. The van der Waals surface area contributed by atoms with Gasteiger partial charge >= 0.3 is 5.97 Å². The SMILES string of the molecule is COC(=O)c1ccc(CCC[C@@H]2[C@@H](C=C=Cc3ccccc3)[C@H](C)C[C@H]2Cl)s1. The second-order valence-electron chi connectivity index (χ2n) is 7.51. The molecule has 4 atom stereocenters. The highest BCUT2D eigenvalue weighted by atomic mass is 35.5. The summed E-state index contributed by atoms with van der Waals surface area (Å²) in [7, 11) is 1.42. The Balaban J connectivity index is 1.58. The van der Waals surface area contributed by atoms with Crippen LogP contribution < -0.4 is 0 Å². The molecule has 148 valence electrons. The Labute approximate surface area is 176 Å². The predicted octanol–water partition coefficient (Wildman–Crippen LogP) is 6.61. The average Bonchev–Trinajstić information content (AvgIpc) is 3.27. The molecule has 0 amide bonds. The summed E-state index contributed by atoms with van der Waals surface area (Å²) in [6, 6.07) is 14.2. The maximum Gasteiger partial charge on any atom is 0.348 e. The van der Waals surface area contributed by atoms with Crippen LogP contribution in [0.1, 0.15) is 46.3 Å². The Bertz CT molecular complexity index is 835. The van der Waals surface area contributed by atoms with Gasteiger partial charge < -0.3 is 4.74 Å². The van der Waals surface area contributed by atoms with Crippen molar-refractivity contribution in [3.8, 4) is 0 Å². The van der Waals surface area contributed by atoms with Gasteiger partial charge in [0.2, 0.25) is 0 Å². The fourth-order valence-corrected chi connectivity index (χ4v) is 5.59. The Hall–Kier alpha value is -1.80. The number of hydrogen-bond acceptors (Lipinski definition) is 3. The zero-order valence-corrected chi connectivity index (χ0v) is 18.0. The quantitative estimate of drug-likeness (QED) is 0.289. The second kappa shape index (κ2) is 10.1.